The van der Waals surface area contributed by atoms with E-state index in [1.807, 2.05) is 6.92 Å². The quantitative estimate of drug-likeness (QED) is 0.720. The number of halogens is 3. The number of rotatable bonds is 8. The van der Waals surface area contributed by atoms with Crippen LogP contribution in [0.15, 0.2) is 24.3 Å². The van der Waals surface area contributed by atoms with Gasteiger partial charge in [-0.3, -0.25) is 4.79 Å². The predicted octanol–water partition coefficient (Wildman–Crippen LogP) is 3.69. The summed E-state index contributed by atoms with van der Waals surface area (Å²) in [4.78, 5) is 10.4. The first-order valence-electron chi connectivity index (χ1n) is 6.87. The molecule has 1 aromatic carbocycles. The molecule has 1 atom stereocenters. The average molecular weight is 303 g/mol. The lowest BCUT2D eigenvalue weighted by atomic mass is 10.0. The highest BCUT2D eigenvalue weighted by Crippen LogP contribution is 2.29. The Bertz CT molecular complexity index is 460. The minimum atomic E-state index is -4.32. The number of carbonyl (C=O) groups is 1. The molecule has 21 heavy (non-hydrogen) atoms. The zero-order valence-electron chi connectivity index (χ0n) is 11.9. The second-order valence-corrected chi connectivity index (χ2v) is 5.20. The predicted molar refractivity (Wildman–Crippen MR) is 73.8 cm³/mol. The van der Waals surface area contributed by atoms with Crippen molar-refractivity contribution in [2.75, 3.05) is 6.54 Å². The number of aliphatic carboxylic acids is 1. The van der Waals surface area contributed by atoms with Gasteiger partial charge < -0.3 is 10.4 Å². The summed E-state index contributed by atoms with van der Waals surface area (Å²) in [5, 5.41) is 11.7. The largest absolute Gasteiger partial charge is 0.481 e. The fourth-order valence-electron chi connectivity index (χ4n) is 1.95. The van der Waals surface area contributed by atoms with Crippen LogP contribution >= 0.6 is 0 Å². The van der Waals surface area contributed by atoms with Crippen molar-refractivity contribution < 1.29 is 23.1 Å². The van der Waals surface area contributed by atoms with Crippen LogP contribution in [-0.4, -0.2) is 17.6 Å². The van der Waals surface area contributed by atoms with Gasteiger partial charge in [-0.05, 0) is 36.9 Å². The van der Waals surface area contributed by atoms with Crippen LogP contribution in [0.4, 0.5) is 13.2 Å². The summed E-state index contributed by atoms with van der Waals surface area (Å²) in [5.74, 6) is -0.533. The van der Waals surface area contributed by atoms with Crippen LogP contribution in [-0.2, 0) is 17.5 Å². The molecule has 0 aliphatic carbocycles. The molecule has 0 fully saturated rings. The highest BCUT2D eigenvalue weighted by atomic mass is 19.4. The van der Waals surface area contributed by atoms with Crippen molar-refractivity contribution in [3.8, 4) is 0 Å². The van der Waals surface area contributed by atoms with E-state index in [0.29, 0.717) is 25.1 Å². The molecule has 0 spiro atoms. The summed E-state index contributed by atoms with van der Waals surface area (Å²) in [6.07, 6.45) is -2.76. The first kappa shape index (κ1) is 17.5. The lowest BCUT2D eigenvalue weighted by molar-refractivity contribution is -0.138. The SMILES string of the molecule is CC(CCNCc1cccc(C(F)(F)F)c1)CCC(=O)O. The highest BCUT2D eigenvalue weighted by molar-refractivity contribution is 5.66. The Balaban J connectivity index is 2.31. The first-order valence-corrected chi connectivity index (χ1v) is 6.87. The van der Waals surface area contributed by atoms with Crippen molar-refractivity contribution in [3.05, 3.63) is 35.4 Å². The van der Waals surface area contributed by atoms with E-state index in [1.54, 1.807) is 6.07 Å². The number of nitrogens with one attached hydrogen (secondary N) is 1. The Kier molecular flexibility index (Phi) is 6.68. The maximum Gasteiger partial charge on any atom is 0.416 e. The smallest absolute Gasteiger partial charge is 0.416 e. The third-order valence-corrected chi connectivity index (χ3v) is 3.25. The van der Waals surface area contributed by atoms with E-state index >= 15 is 0 Å². The molecule has 0 saturated carbocycles. The Morgan fingerprint density at radius 2 is 2.05 bits per heavy atom. The summed E-state index contributed by atoms with van der Waals surface area (Å²) in [7, 11) is 0. The molecule has 2 N–H and O–H groups in total. The van der Waals surface area contributed by atoms with Crippen LogP contribution in [0.5, 0.6) is 0 Å². The fourth-order valence-corrected chi connectivity index (χ4v) is 1.95. The Hall–Kier alpha value is -1.56. The summed E-state index contributed by atoms with van der Waals surface area (Å²) >= 11 is 0. The van der Waals surface area contributed by atoms with Gasteiger partial charge in [0, 0.05) is 13.0 Å². The summed E-state index contributed by atoms with van der Waals surface area (Å²) in [6.45, 7) is 2.99. The van der Waals surface area contributed by atoms with Gasteiger partial charge in [0.2, 0.25) is 0 Å². The van der Waals surface area contributed by atoms with Gasteiger partial charge in [0.25, 0.3) is 0 Å². The van der Waals surface area contributed by atoms with Gasteiger partial charge in [0.15, 0.2) is 0 Å². The van der Waals surface area contributed by atoms with Gasteiger partial charge in [-0.2, -0.15) is 13.2 Å². The van der Waals surface area contributed by atoms with Crippen LogP contribution < -0.4 is 5.32 Å². The molecule has 0 bridgehead atoms. The van der Waals surface area contributed by atoms with E-state index in [9.17, 15) is 18.0 Å². The lowest BCUT2D eigenvalue weighted by Crippen LogP contribution is -2.18. The van der Waals surface area contributed by atoms with E-state index in [-0.39, 0.29) is 12.3 Å². The van der Waals surface area contributed by atoms with Gasteiger partial charge in [-0.1, -0.05) is 25.1 Å². The van der Waals surface area contributed by atoms with Crippen molar-refractivity contribution in [2.45, 2.75) is 38.9 Å². The fraction of sp³-hybridized carbons (Fsp3) is 0.533. The van der Waals surface area contributed by atoms with E-state index < -0.39 is 17.7 Å². The second kappa shape index (κ2) is 8.02. The first-order chi connectivity index (χ1) is 9.79. The number of carboxylic acids is 1. The topological polar surface area (TPSA) is 49.3 Å². The Labute approximate surface area is 122 Å². The van der Waals surface area contributed by atoms with Crippen LogP contribution in [0.2, 0.25) is 0 Å². The minimum absolute atomic E-state index is 0.148. The standard InChI is InChI=1S/C15H20F3NO2/c1-11(5-6-14(20)21)7-8-19-10-12-3-2-4-13(9-12)15(16,17)18/h2-4,9,11,19H,5-8,10H2,1H3,(H,20,21). The normalized spacial score (nSPS) is 13.1. The molecule has 1 unspecified atom stereocenters. The van der Waals surface area contributed by atoms with Crippen molar-refractivity contribution in [3.63, 3.8) is 0 Å². The van der Waals surface area contributed by atoms with E-state index in [0.717, 1.165) is 18.6 Å². The van der Waals surface area contributed by atoms with Gasteiger partial charge in [0.05, 0.1) is 5.56 Å². The zero-order valence-corrected chi connectivity index (χ0v) is 11.9. The molecule has 118 valence electrons. The summed E-state index contributed by atoms with van der Waals surface area (Å²) < 4.78 is 37.6. The Morgan fingerprint density at radius 1 is 1.33 bits per heavy atom. The second-order valence-electron chi connectivity index (χ2n) is 5.20. The molecule has 1 aromatic rings. The minimum Gasteiger partial charge on any atom is -0.481 e. The Morgan fingerprint density at radius 3 is 2.67 bits per heavy atom. The van der Waals surface area contributed by atoms with Gasteiger partial charge >= 0.3 is 12.1 Å². The molecule has 6 heteroatoms. The number of alkyl halides is 3. The molecule has 0 aliphatic heterocycles. The summed E-state index contributed by atoms with van der Waals surface area (Å²) in [6, 6.07) is 5.24. The maximum atomic E-state index is 12.5. The molecule has 0 heterocycles. The number of hydrogen-bond acceptors (Lipinski definition) is 2. The molecular weight excluding hydrogens is 283 g/mol. The number of benzene rings is 1. The molecule has 0 radical (unpaired) electrons. The summed E-state index contributed by atoms with van der Waals surface area (Å²) in [5.41, 5.74) is -0.0559. The van der Waals surface area contributed by atoms with E-state index in [1.165, 1.54) is 6.07 Å². The molecule has 0 saturated heterocycles. The van der Waals surface area contributed by atoms with Crippen molar-refractivity contribution >= 4 is 5.97 Å². The number of hydrogen-bond donors (Lipinski definition) is 2. The highest BCUT2D eigenvalue weighted by Gasteiger charge is 2.30. The molecular formula is C15H20F3NO2. The van der Waals surface area contributed by atoms with Crippen LogP contribution in [0, 0.1) is 5.92 Å². The lowest BCUT2D eigenvalue weighted by Gasteiger charge is -2.12. The van der Waals surface area contributed by atoms with Crippen LogP contribution in [0.25, 0.3) is 0 Å². The van der Waals surface area contributed by atoms with Crippen molar-refractivity contribution in [1.82, 2.24) is 5.32 Å². The van der Waals surface area contributed by atoms with Gasteiger partial charge in [0.1, 0.15) is 0 Å². The molecule has 0 amide bonds. The van der Waals surface area contributed by atoms with E-state index in [4.69, 9.17) is 5.11 Å². The third-order valence-electron chi connectivity index (χ3n) is 3.25. The van der Waals surface area contributed by atoms with Crippen molar-refractivity contribution in [1.29, 1.82) is 0 Å². The third kappa shape index (κ3) is 7.13. The molecule has 1 rings (SSSR count). The maximum absolute atomic E-state index is 12.5. The monoisotopic (exact) mass is 303 g/mol. The van der Waals surface area contributed by atoms with Gasteiger partial charge in [-0.25, -0.2) is 0 Å². The number of carboxylic acid groups (broad SMARTS) is 1. The van der Waals surface area contributed by atoms with Crippen molar-refractivity contribution in [2.24, 2.45) is 5.92 Å². The van der Waals surface area contributed by atoms with Crippen LogP contribution in [0.3, 0.4) is 0 Å². The average Bonchev–Trinajstić information content (AvgIpc) is 2.41. The molecule has 0 aliphatic rings. The zero-order chi connectivity index (χ0) is 15.9. The molecule has 3 nitrogen and oxygen atoms in total. The van der Waals surface area contributed by atoms with Crippen LogP contribution in [0.1, 0.15) is 37.3 Å². The van der Waals surface area contributed by atoms with E-state index in [2.05, 4.69) is 5.32 Å². The molecule has 0 aromatic heterocycles. The van der Waals surface area contributed by atoms with Gasteiger partial charge in [-0.15, -0.1) is 0 Å².